The van der Waals surface area contributed by atoms with Crippen molar-refractivity contribution in [2.45, 2.75) is 18.8 Å². The number of carbonyl (C=O) groups excluding carboxylic acids is 1. The molecular formula is C11H13BNO2S. The average Bonchev–Trinajstić information content (AvgIpc) is 2.62. The van der Waals surface area contributed by atoms with Crippen LogP contribution in [0.4, 0.5) is 0 Å². The number of carbonyl (C=O) groups is 1. The standard InChI is InChI=1S/C11H13BNO2S/c14-11(8-9-4-3-7-16-9)13-10-5-1-2-6-15-12-10/h1-4,7,10H,5-6,8H2,(H,13,14). The van der Waals surface area contributed by atoms with Crippen LogP contribution in [0.25, 0.3) is 0 Å². The number of amides is 1. The molecule has 1 aliphatic rings. The van der Waals surface area contributed by atoms with Crippen molar-refractivity contribution in [1.29, 1.82) is 0 Å². The summed E-state index contributed by atoms with van der Waals surface area (Å²) in [5.74, 6) is 0.0359. The predicted octanol–water partition coefficient (Wildman–Crippen LogP) is 1.33. The summed E-state index contributed by atoms with van der Waals surface area (Å²) in [7, 11) is 1.70. The summed E-state index contributed by atoms with van der Waals surface area (Å²) in [5.41, 5.74) is 0. The molecule has 0 saturated heterocycles. The molecule has 1 aliphatic heterocycles. The first-order chi connectivity index (χ1) is 7.84. The Morgan fingerprint density at radius 3 is 3.38 bits per heavy atom. The third kappa shape index (κ3) is 3.50. The van der Waals surface area contributed by atoms with Crippen LogP contribution in [0.15, 0.2) is 29.7 Å². The largest absolute Gasteiger partial charge is 0.435 e. The van der Waals surface area contributed by atoms with Gasteiger partial charge >= 0.3 is 7.48 Å². The van der Waals surface area contributed by atoms with E-state index in [1.54, 1.807) is 18.8 Å². The lowest BCUT2D eigenvalue weighted by molar-refractivity contribution is -0.120. The maximum atomic E-state index is 11.7. The van der Waals surface area contributed by atoms with Gasteiger partial charge in [-0.15, -0.1) is 11.3 Å². The zero-order valence-electron chi connectivity index (χ0n) is 8.89. The Morgan fingerprint density at radius 1 is 1.62 bits per heavy atom. The second-order valence-electron chi connectivity index (χ2n) is 3.61. The summed E-state index contributed by atoms with van der Waals surface area (Å²) < 4.78 is 5.22. The summed E-state index contributed by atoms with van der Waals surface area (Å²) in [4.78, 5) is 12.8. The van der Waals surface area contributed by atoms with Crippen LogP contribution in [0, 0.1) is 0 Å². The van der Waals surface area contributed by atoms with Gasteiger partial charge in [-0.3, -0.25) is 4.79 Å². The smallest absolute Gasteiger partial charge is 0.317 e. The summed E-state index contributed by atoms with van der Waals surface area (Å²) in [6.07, 6.45) is 5.24. The lowest BCUT2D eigenvalue weighted by Crippen LogP contribution is -2.40. The van der Waals surface area contributed by atoms with E-state index >= 15 is 0 Å². The molecule has 3 nitrogen and oxygen atoms in total. The molecular weight excluding hydrogens is 221 g/mol. The Balaban J connectivity index is 1.80. The average molecular weight is 234 g/mol. The molecule has 0 aromatic carbocycles. The van der Waals surface area contributed by atoms with Crippen LogP contribution in [0.1, 0.15) is 11.3 Å². The van der Waals surface area contributed by atoms with Crippen LogP contribution in [0.2, 0.25) is 0 Å². The third-order valence-electron chi connectivity index (χ3n) is 2.27. The minimum Gasteiger partial charge on any atom is -0.435 e. The van der Waals surface area contributed by atoms with E-state index in [0.717, 1.165) is 11.3 Å². The van der Waals surface area contributed by atoms with Crippen LogP contribution in [0.3, 0.4) is 0 Å². The summed E-state index contributed by atoms with van der Waals surface area (Å²) in [6, 6.07) is 3.92. The summed E-state index contributed by atoms with van der Waals surface area (Å²) in [6.45, 7) is 0.595. The van der Waals surface area contributed by atoms with Gasteiger partial charge in [0.25, 0.3) is 0 Å². The highest BCUT2D eigenvalue weighted by Crippen LogP contribution is 2.09. The quantitative estimate of drug-likeness (QED) is 0.632. The van der Waals surface area contributed by atoms with Gasteiger partial charge in [-0.25, -0.2) is 0 Å². The van der Waals surface area contributed by atoms with Gasteiger partial charge in [-0.05, 0) is 17.9 Å². The molecule has 1 aromatic rings. The molecule has 1 aromatic heterocycles. The predicted molar refractivity (Wildman–Crippen MR) is 65.4 cm³/mol. The SMILES string of the molecule is O=C(Cc1cccs1)NC1[B]OCC=CC1. The summed E-state index contributed by atoms with van der Waals surface area (Å²) in [5, 5.41) is 4.91. The summed E-state index contributed by atoms with van der Waals surface area (Å²) >= 11 is 1.60. The van der Waals surface area contributed by atoms with Crippen LogP contribution < -0.4 is 5.32 Å². The van der Waals surface area contributed by atoms with Crippen molar-refractivity contribution in [3.8, 4) is 0 Å². The monoisotopic (exact) mass is 234 g/mol. The minimum atomic E-state index is -0.00814. The molecule has 1 amide bonds. The van der Waals surface area contributed by atoms with E-state index < -0.39 is 0 Å². The fourth-order valence-corrected chi connectivity index (χ4v) is 2.22. The van der Waals surface area contributed by atoms with Crippen LogP contribution in [-0.4, -0.2) is 25.9 Å². The molecule has 0 bridgehead atoms. The Labute approximate surface area is 99.8 Å². The van der Waals surface area contributed by atoms with Gasteiger partial charge in [-0.1, -0.05) is 18.2 Å². The molecule has 1 atom stereocenters. The molecule has 16 heavy (non-hydrogen) atoms. The molecule has 0 aliphatic carbocycles. The van der Waals surface area contributed by atoms with Gasteiger partial charge in [0.2, 0.25) is 5.91 Å². The lowest BCUT2D eigenvalue weighted by Gasteiger charge is -2.13. The van der Waals surface area contributed by atoms with E-state index in [4.69, 9.17) is 4.65 Å². The number of nitrogens with one attached hydrogen (secondary N) is 1. The van der Waals surface area contributed by atoms with Crippen molar-refractivity contribution in [1.82, 2.24) is 5.32 Å². The second-order valence-corrected chi connectivity index (χ2v) is 4.64. The Morgan fingerprint density at radius 2 is 2.56 bits per heavy atom. The molecule has 0 saturated carbocycles. The van der Waals surface area contributed by atoms with Gasteiger partial charge in [0, 0.05) is 17.4 Å². The molecule has 2 heterocycles. The molecule has 0 fully saturated rings. The van der Waals surface area contributed by atoms with Crippen molar-refractivity contribution in [2.75, 3.05) is 6.61 Å². The normalized spacial score (nSPS) is 19.9. The minimum absolute atomic E-state index is 0.00814. The maximum absolute atomic E-state index is 11.7. The molecule has 1 unspecified atom stereocenters. The number of hydrogen-bond donors (Lipinski definition) is 1. The third-order valence-corrected chi connectivity index (χ3v) is 3.15. The topological polar surface area (TPSA) is 38.3 Å². The van der Waals surface area contributed by atoms with Crippen LogP contribution >= 0.6 is 11.3 Å². The first kappa shape index (κ1) is 11.4. The molecule has 2 rings (SSSR count). The van der Waals surface area contributed by atoms with Crippen LogP contribution in [0.5, 0.6) is 0 Å². The van der Waals surface area contributed by atoms with Gasteiger partial charge in [-0.2, -0.15) is 0 Å². The first-order valence-electron chi connectivity index (χ1n) is 5.26. The van der Waals surface area contributed by atoms with Crippen molar-refractivity contribution in [2.24, 2.45) is 0 Å². The fourth-order valence-electron chi connectivity index (χ4n) is 1.52. The van der Waals surface area contributed by atoms with E-state index in [1.807, 2.05) is 29.7 Å². The van der Waals surface area contributed by atoms with E-state index in [2.05, 4.69) is 5.32 Å². The van der Waals surface area contributed by atoms with Crippen LogP contribution in [-0.2, 0) is 15.9 Å². The Kier molecular flexibility index (Phi) is 4.19. The lowest BCUT2D eigenvalue weighted by atomic mass is 9.85. The van der Waals surface area contributed by atoms with Crippen molar-refractivity contribution >= 4 is 24.7 Å². The number of hydrogen-bond acceptors (Lipinski definition) is 3. The van der Waals surface area contributed by atoms with Crippen molar-refractivity contribution in [3.63, 3.8) is 0 Å². The van der Waals surface area contributed by atoms with Gasteiger partial charge in [0.1, 0.15) is 0 Å². The maximum Gasteiger partial charge on any atom is 0.317 e. The highest BCUT2D eigenvalue weighted by Gasteiger charge is 2.15. The van der Waals surface area contributed by atoms with E-state index in [0.29, 0.717) is 13.0 Å². The molecule has 1 radical (unpaired) electrons. The first-order valence-corrected chi connectivity index (χ1v) is 6.14. The number of thiophene rings is 1. The highest BCUT2D eigenvalue weighted by molar-refractivity contribution is 7.10. The fraction of sp³-hybridized carbons (Fsp3) is 0.364. The molecule has 1 N–H and O–H groups in total. The zero-order valence-corrected chi connectivity index (χ0v) is 9.70. The molecule has 0 spiro atoms. The second kappa shape index (κ2) is 5.87. The van der Waals surface area contributed by atoms with E-state index in [9.17, 15) is 4.79 Å². The molecule has 5 heteroatoms. The Hall–Kier alpha value is -1.07. The van der Waals surface area contributed by atoms with Gasteiger partial charge in [0.15, 0.2) is 0 Å². The Bertz CT molecular complexity index is 364. The highest BCUT2D eigenvalue weighted by atomic mass is 32.1. The number of rotatable bonds is 3. The van der Waals surface area contributed by atoms with Crippen molar-refractivity contribution < 1.29 is 9.45 Å². The van der Waals surface area contributed by atoms with Crippen molar-refractivity contribution in [3.05, 3.63) is 34.5 Å². The van der Waals surface area contributed by atoms with E-state index in [1.165, 1.54) is 0 Å². The molecule has 83 valence electrons. The zero-order chi connectivity index (χ0) is 11.2. The van der Waals surface area contributed by atoms with Gasteiger partial charge < -0.3 is 9.97 Å². The van der Waals surface area contributed by atoms with E-state index in [-0.39, 0.29) is 11.8 Å². The van der Waals surface area contributed by atoms with Gasteiger partial charge in [0.05, 0.1) is 6.42 Å².